The molecule has 2 rings (SSSR count). The van der Waals surface area contributed by atoms with E-state index in [4.69, 9.17) is 0 Å². The standard InChI is InChI=1S/C11H13N/c1-2-4-10(5-3-1)8-11-6-7-12-9-11/h1-5,9,11H,6-8H2. The van der Waals surface area contributed by atoms with E-state index in [0.717, 1.165) is 13.0 Å². The van der Waals surface area contributed by atoms with Crippen LogP contribution < -0.4 is 0 Å². The highest BCUT2D eigenvalue weighted by molar-refractivity contribution is 5.63. The first-order valence-electron chi connectivity index (χ1n) is 4.49. The Hall–Kier alpha value is -1.11. The van der Waals surface area contributed by atoms with E-state index < -0.39 is 0 Å². The maximum atomic E-state index is 4.24. The van der Waals surface area contributed by atoms with Crippen molar-refractivity contribution < 1.29 is 0 Å². The smallest absolute Gasteiger partial charge is 0.0391 e. The monoisotopic (exact) mass is 159 g/mol. The highest BCUT2D eigenvalue weighted by atomic mass is 14.7. The Bertz CT molecular complexity index is 264. The van der Waals surface area contributed by atoms with Crippen LogP contribution in [0.4, 0.5) is 0 Å². The zero-order valence-electron chi connectivity index (χ0n) is 7.11. The van der Waals surface area contributed by atoms with Gasteiger partial charge in [-0.3, -0.25) is 4.99 Å². The molecule has 12 heavy (non-hydrogen) atoms. The molecule has 1 aromatic rings. The largest absolute Gasteiger partial charge is 0.297 e. The van der Waals surface area contributed by atoms with Crippen LogP contribution >= 0.6 is 0 Å². The highest BCUT2D eigenvalue weighted by Gasteiger charge is 2.10. The predicted octanol–water partition coefficient (Wildman–Crippen LogP) is 2.32. The summed E-state index contributed by atoms with van der Waals surface area (Å²) >= 11 is 0. The molecule has 1 atom stereocenters. The van der Waals surface area contributed by atoms with Crippen LogP contribution in [0.3, 0.4) is 0 Å². The lowest BCUT2D eigenvalue weighted by molar-refractivity contribution is 0.683. The van der Waals surface area contributed by atoms with Gasteiger partial charge in [0.1, 0.15) is 0 Å². The van der Waals surface area contributed by atoms with Gasteiger partial charge in [0.25, 0.3) is 0 Å². The summed E-state index contributed by atoms with van der Waals surface area (Å²) in [4.78, 5) is 4.24. The molecule has 62 valence electrons. The zero-order chi connectivity index (χ0) is 8.23. The molecule has 0 saturated heterocycles. The van der Waals surface area contributed by atoms with Gasteiger partial charge in [0, 0.05) is 12.8 Å². The van der Waals surface area contributed by atoms with Crippen LogP contribution in [0.1, 0.15) is 12.0 Å². The minimum absolute atomic E-state index is 0.687. The van der Waals surface area contributed by atoms with Crippen molar-refractivity contribution in [3.63, 3.8) is 0 Å². The van der Waals surface area contributed by atoms with Gasteiger partial charge in [-0.05, 0) is 24.3 Å². The third-order valence-electron chi connectivity index (χ3n) is 2.29. The summed E-state index contributed by atoms with van der Waals surface area (Å²) in [6.45, 7) is 1.03. The Morgan fingerprint density at radius 2 is 2.08 bits per heavy atom. The van der Waals surface area contributed by atoms with E-state index in [2.05, 4.69) is 41.5 Å². The molecular weight excluding hydrogens is 146 g/mol. The molecule has 1 heterocycles. The van der Waals surface area contributed by atoms with Gasteiger partial charge in [0.05, 0.1) is 0 Å². The van der Waals surface area contributed by atoms with E-state index in [9.17, 15) is 0 Å². The number of aliphatic imine (C=N–C) groups is 1. The lowest BCUT2D eigenvalue weighted by atomic mass is 9.99. The molecule has 1 aliphatic heterocycles. The Kier molecular flexibility index (Phi) is 2.21. The Morgan fingerprint density at radius 1 is 1.25 bits per heavy atom. The van der Waals surface area contributed by atoms with Gasteiger partial charge >= 0.3 is 0 Å². The molecule has 1 aliphatic rings. The molecule has 1 heteroatoms. The molecular formula is C11H13N. The van der Waals surface area contributed by atoms with Crippen LogP contribution in [0.25, 0.3) is 0 Å². The first kappa shape index (κ1) is 7.53. The lowest BCUT2D eigenvalue weighted by Gasteiger charge is -2.04. The van der Waals surface area contributed by atoms with Crippen molar-refractivity contribution in [3.05, 3.63) is 35.9 Å². The predicted molar refractivity (Wildman–Crippen MR) is 51.6 cm³/mol. The van der Waals surface area contributed by atoms with E-state index in [1.807, 2.05) is 0 Å². The molecule has 1 unspecified atom stereocenters. The van der Waals surface area contributed by atoms with Gasteiger partial charge in [0.2, 0.25) is 0 Å². The molecule has 0 saturated carbocycles. The highest BCUT2D eigenvalue weighted by Crippen LogP contribution is 2.14. The summed E-state index contributed by atoms with van der Waals surface area (Å²) in [6, 6.07) is 10.6. The fraction of sp³-hybridized carbons (Fsp3) is 0.364. The second-order valence-electron chi connectivity index (χ2n) is 3.29. The van der Waals surface area contributed by atoms with E-state index >= 15 is 0 Å². The Balaban J connectivity index is 1.99. The molecule has 0 aliphatic carbocycles. The summed E-state index contributed by atoms with van der Waals surface area (Å²) in [6.07, 6.45) is 4.49. The molecule has 0 N–H and O–H groups in total. The number of nitrogens with zero attached hydrogens (tertiary/aromatic N) is 1. The van der Waals surface area contributed by atoms with Crippen LogP contribution in [0.15, 0.2) is 35.3 Å². The summed E-state index contributed by atoms with van der Waals surface area (Å²) < 4.78 is 0. The van der Waals surface area contributed by atoms with Gasteiger partial charge in [-0.2, -0.15) is 0 Å². The molecule has 1 nitrogen and oxygen atoms in total. The van der Waals surface area contributed by atoms with Crippen LogP contribution in [0.2, 0.25) is 0 Å². The van der Waals surface area contributed by atoms with Gasteiger partial charge in [-0.15, -0.1) is 0 Å². The normalized spacial score (nSPS) is 21.5. The Labute approximate surface area is 73.1 Å². The number of hydrogen-bond acceptors (Lipinski definition) is 1. The third kappa shape index (κ3) is 1.73. The van der Waals surface area contributed by atoms with Gasteiger partial charge < -0.3 is 0 Å². The second-order valence-corrected chi connectivity index (χ2v) is 3.29. The van der Waals surface area contributed by atoms with Gasteiger partial charge in [-0.25, -0.2) is 0 Å². The van der Waals surface area contributed by atoms with E-state index in [0.29, 0.717) is 5.92 Å². The van der Waals surface area contributed by atoms with Crippen LogP contribution in [0.5, 0.6) is 0 Å². The average Bonchev–Trinajstić information content (AvgIpc) is 2.59. The van der Waals surface area contributed by atoms with Gasteiger partial charge in [0.15, 0.2) is 0 Å². The first-order valence-corrected chi connectivity index (χ1v) is 4.49. The van der Waals surface area contributed by atoms with Crippen LogP contribution in [-0.4, -0.2) is 12.8 Å². The minimum Gasteiger partial charge on any atom is -0.297 e. The average molecular weight is 159 g/mol. The van der Waals surface area contributed by atoms with Crippen molar-refractivity contribution in [2.24, 2.45) is 10.9 Å². The SMILES string of the molecule is C1=NCCC1Cc1ccccc1. The minimum atomic E-state index is 0.687. The summed E-state index contributed by atoms with van der Waals surface area (Å²) in [5.74, 6) is 0.687. The van der Waals surface area contributed by atoms with Crippen molar-refractivity contribution >= 4 is 6.21 Å². The maximum absolute atomic E-state index is 4.24. The molecule has 0 bridgehead atoms. The van der Waals surface area contributed by atoms with E-state index in [-0.39, 0.29) is 0 Å². The third-order valence-corrected chi connectivity index (χ3v) is 2.29. The number of hydrogen-bond donors (Lipinski definition) is 0. The fourth-order valence-electron chi connectivity index (χ4n) is 1.61. The van der Waals surface area contributed by atoms with Crippen molar-refractivity contribution in [3.8, 4) is 0 Å². The van der Waals surface area contributed by atoms with E-state index in [1.165, 1.54) is 12.0 Å². The maximum Gasteiger partial charge on any atom is 0.0391 e. The van der Waals surface area contributed by atoms with E-state index in [1.54, 1.807) is 0 Å². The van der Waals surface area contributed by atoms with Crippen LogP contribution in [0, 0.1) is 5.92 Å². The van der Waals surface area contributed by atoms with Crippen LogP contribution in [-0.2, 0) is 6.42 Å². The summed E-state index contributed by atoms with van der Waals surface area (Å²) in [5.41, 5.74) is 1.43. The number of rotatable bonds is 2. The molecule has 0 fully saturated rings. The van der Waals surface area contributed by atoms with Gasteiger partial charge in [-0.1, -0.05) is 30.3 Å². The Morgan fingerprint density at radius 3 is 2.75 bits per heavy atom. The quantitative estimate of drug-likeness (QED) is 0.628. The molecule has 0 aromatic heterocycles. The fourth-order valence-corrected chi connectivity index (χ4v) is 1.61. The van der Waals surface area contributed by atoms with Crippen molar-refractivity contribution in [2.45, 2.75) is 12.8 Å². The summed E-state index contributed by atoms with van der Waals surface area (Å²) in [5, 5.41) is 0. The molecule has 0 amide bonds. The molecule has 1 aromatic carbocycles. The number of benzene rings is 1. The zero-order valence-corrected chi connectivity index (χ0v) is 7.11. The van der Waals surface area contributed by atoms with Crippen molar-refractivity contribution in [1.29, 1.82) is 0 Å². The summed E-state index contributed by atoms with van der Waals surface area (Å²) in [7, 11) is 0. The molecule has 0 radical (unpaired) electrons. The molecule has 0 spiro atoms. The topological polar surface area (TPSA) is 12.4 Å². The van der Waals surface area contributed by atoms with Crippen molar-refractivity contribution in [1.82, 2.24) is 0 Å². The first-order chi connectivity index (χ1) is 5.95. The lowest BCUT2D eigenvalue weighted by Crippen LogP contribution is -2.01. The second kappa shape index (κ2) is 3.53. The van der Waals surface area contributed by atoms with Crippen molar-refractivity contribution in [2.75, 3.05) is 6.54 Å².